The molecular formula is C22H31F2NO3. The number of hydrogen-bond acceptors (Lipinski definition) is 4. The number of rotatable bonds is 4. The van der Waals surface area contributed by atoms with Gasteiger partial charge in [-0.25, -0.2) is 8.78 Å². The molecule has 2 aliphatic heterocycles. The van der Waals surface area contributed by atoms with Gasteiger partial charge in [-0.3, -0.25) is 4.90 Å². The van der Waals surface area contributed by atoms with Crippen molar-refractivity contribution in [2.75, 3.05) is 20.2 Å². The average Bonchev–Trinajstić information content (AvgIpc) is 2.57. The number of piperidine rings is 1. The summed E-state index contributed by atoms with van der Waals surface area (Å²) >= 11 is 0. The molecule has 28 heavy (non-hydrogen) atoms. The minimum atomic E-state index is -2.58. The average molecular weight is 395 g/mol. The summed E-state index contributed by atoms with van der Waals surface area (Å²) < 4.78 is 43.9. The summed E-state index contributed by atoms with van der Waals surface area (Å²) in [6.45, 7) is 8.24. The van der Waals surface area contributed by atoms with E-state index in [2.05, 4.69) is 31.7 Å². The first-order chi connectivity index (χ1) is 13.1. The van der Waals surface area contributed by atoms with Crippen molar-refractivity contribution < 1.29 is 23.0 Å². The second kappa shape index (κ2) is 7.13. The molecule has 0 bridgehead atoms. The fourth-order valence-corrected chi connectivity index (χ4v) is 4.73. The van der Waals surface area contributed by atoms with E-state index >= 15 is 0 Å². The van der Waals surface area contributed by atoms with E-state index in [0.29, 0.717) is 17.5 Å². The minimum Gasteiger partial charge on any atom is -0.493 e. The van der Waals surface area contributed by atoms with Crippen LogP contribution in [0, 0.1) is 0 Å². The van der Waals surface area contributed by atoms with Crippen LogP contribution in [0.25, 0.3) is 0 Å². The van der Waals surface area contributed by atoms with Crippen LogP contribution >= 0.6 is 0 Å². The van der Waals surface area contributed by atoms with Gasteiger partial charge in [-0.2, -0.15) is 0 Å². The summed E-state index contributed by atoms with van der Waals surface area (Å²) in [5, 5.41) is 0. The van der Waals surface area contributed by atoms with E-state index in [0.717, 1.165) is 32.4 Å². The highest BCUT2D eigenvalue weighted by molar-refractivity contribution is 5.50. The lowest BCUT2D eigenvalue weighted by Gasteiger charge is -2.45. The van der Waals surface area contributed by atoms with E-state index < -0.39 is 12.0 Å². The normalized spacial score (nSPS) is 27.5. The number of halogens is 2. The van der Waals surface area contributed by atoms with Crippen molar-refractivity contribution in [1.29, 1.82) is 0 Å². The van der Waals surface area contributed by atoms with Crippen LogP contribution in [0.3, 0.4) is 0 Å². The van der Waals surface area contributed by atoms with Crippen molar-refractivity contribution in [2.45, 2.75) is 82.6 Å². The lowest BCUT2D eigenvalue weighted by Crippen LogP contribution is -2.47. The van der Waals surface area contributed by atoms with E-state index in [1.54, 1.807) is 7.11 Å². The minimum absolute atomic E-state index is 0.126. The maximum Gasteiger partial charge on any atom is 0.255 e. The van der Waals surface area contributed by atoms with Crippen LogP contribution in [0.4, 0.5) is 8.78 Å². The molecule has 1 saturated carbocycles. The van der Waals surface area contributed by atoms with Gasteiger partial charge in [0.2, 0.25) is 0 Å². The Hall–Kier alpha value is -1.40. The zero-order valence-corrected chi connectivity index (χ0v) is 17.3. The number of hydrogen-bond donors (Lipinski definition) is 0. The van der Waals surface area contributed by atoms with E-state index in [1.807, 2.05) is 6.07 Å². The zero-order valence-electron chi connectivity index (χ0n) is 17.3. The zero-order chi connectivity index (χ0) is 20.1. The summed E-state index contributed by atoms with van der Waals surface area (Å²) in [5.74, 6) is -1.34. The molecule has 1 aliphatic carbocycles. The van der Waals surface area contributed by atoms with Crippen molar-refractivity contribution in [3.05, 3.63) is 23.3 Å². The first-order valence-electron chi connectivity index (χ1n) is 10.3. The molecule has 2 unspecified atom stereocenters. The van der Waals surface area contributed by atoms with Crippen LogP contribution in [0.5, 0.6) is 11.5 Å². The van der Waals surface area contributed by atoms with Gasteiger partial charge in [0.05, 0.1) is 18.8 Å². The van der Waals surface area contributed by atoms with Gasteiger partial charge < -0.3 is 14.2 Å². The molecule has 2 fully saturated rings. The van der Waals surface area contributed by atoms with E-state index in [4.69, 9.17) is 14.2 Å². The van der Waals surface area contributed by atoms with Crippen molar-refractivity contribution in [1.82, 2.24) is 4.90 Å². The lowest BCUT2D eigenvalue weighted by molar-refractivity contribution is -0.134. The first-order valence-corrected chi connectivity index (χ1v) is 10.3. The summed E-state index contributed by atoms with van der Waals surface area (Å²) in [6.07, 6.45) is 2.43. The quantitative estimate of drug-likeness (QED) is 0.736. The van der Waals surface area contributed by atoms with Gasteiger partial charge in [-0.05, 0) is 63.3 Å². The molecule has 4 rings (SSSR count). The maximum absolute atomic E-state index is 13.1. The number of nitrogens with zero attached hydrogens (tertiary/aromatic N) is 1. The van der Waals surface area contributed by atoms with Gasteiger partial charge in [0.1, 0.15) is 6.10 Å². The highest BCUT2D eigenvalue weighted by Crippen LogP contribution is 2.45. The number of ether oxygens (including phenoxy) is 3. The lowest BCUT2D eigenvalue weighted by atomic mass is 9.85. The summed E-state index contributed by atoms with van der Waals surface area (Å²) in [7, 11) is 1.61. The predicted octanol–water partition coefficient (Wildman–Crippen LogP) is 4.75. The Labute approximate surface area is 166 Å². The van der Waals surface area contributed by atoms with Crippen LogP contribution < -0.4 is 9.47 Å². The van der Waals surface area contributed by atoms with E-state index in [-0.39, 0.29) is 24.5 Å². The first kappa shape index (κ1) is 19.9. The number of benzene rings is 1. The molecule has 2 atom stereocenters. The molecule has 4 nitrogen and oxygen atoms in total. The van der Waals surface area contributed by atoms with E-state index in [1.165, 1.54) is 11.1 Å². The maximum atomic E-state index is 13.1. The van der Waals surface area contributed by atoms with Crippen LogP contribution in [-0.2, 0) is 11.2 Å². The Bertz CT molecular complexity index is 723. The van der Waals surface area contributed by atoms with Crippen LogP contribution in [0.1, 0.15) is 63.6 Å². The third kappa shape index (κ3) is 4.13. The van der Waals surface area contributed by atoms with Crippen LogP contribution in [-0.4, -0.2) is 48.8 Å². The monoisotopic (exact) mass is 395 g/mol. The van der Waals surface area contributed by atoms with Gasteiger partial charge in [-0.15, -0.1) is 0 Å². The molecule has 0 amide bonds. The van der Waals surface area contributed by atoms with Crippen molar-refractivity contribution in [3.8, 4) is 11.5 Å². The summed E-state index contributed by atoms with van der Waals surface area (Å²) in [5.41, 5.74) is 2.40. The van der Waals surface area contributed by atoms with Crippen molar-refractivity contribution in [2.24, 2.45) is 0 Å². The predicted molar refractivity (Wildman–Crippen MR) is 103 cm³/mol. The van der Waals surface area contributed by atoms with Gasteiger partial charge >= 0.3 is 0 Å². The molecule has 1 aromatic rings. The number of methoxy groups -OCH3 is 1. The Balaban J connectivity index is 1.50. The number of fused-ring (bicyclic) bond motifs is 3. The second-order valence-corrected chi connectivity index (χ2v) is 9.40. The van der Waals surface area contributed by atoms with E-state index in [9.17, 15) is 8.78 Å². The molecule has 1 aromatic carbocycles. The third-order valence-electron chi connectivity index (χ3n) is 5.96. The molecule has 0 N–H and O–H groups in total. The van der Waals surface area contributed by atoms with Gasteiger partial charge in [0.15, 0.2) is 11.5 Å². The molecule has 0 spiro atoms. The standard InChI is InChI=1S/C22H31F2NO3/c1-21(2,3)28-15-5-6-18-17-10-19(26-4)20(27-16-11-22(23,24)12-16)9-14(17)7-8-25(18)13-15/h9-10,15-16,18H,5-8,11-13H2,1-4H3. The molecule has 156 valence electrons. The Morgan fingerprint density at radius 1 is 1.07 bits per heavy atom. The molecular weight excluding hydrogens is 364 g/mol. The van der Waals surface area contributed by atoms with Crippen molar-refractivity contribution in [3.63, 3.8) is 0 Å². The SMILES string of the molecule is COc1cc2c(cc1OC1CC(F)(F)C1)CCN1CC(OC(C)(C)C)CCC21. The molecule has 6 heteroatoms. The fourth-order valence-electron chi connectivity index (χ4n) is 4.73. The molecule has 3 aliphatic rings. The highest BCUT2D eigenvalue weighted by Gasteiger charge is 2.47. The summed E-state index contributed by atoms with van der Waals surface area (Å²) in [4.78, 5) is 2.51. The smallest absolute Gasteiger partial charge is 0.255 e. The fraction of sp³-hybridized carbons (Fsp3) is 0.727. The number of alkyl halides is 2. The molecule has 0 radical (unpaired) electrons. The van der Waals surface area contributed by atoms with Crippen LogP contribution in [0.2, 0.25) is 0 Å². The molecule has 1 saturated heterocycles. The summed E-state index contributed by atoms with van der Waals surface area (Å²) in [6, 6.07) is 4.43. The Kier molecular flexibility index (Phi) is 5.07. The third-order valence-corrected chi connectivity index (χ3v) is 5.96. The molecule has 2 heterocycles. The largest absolute Gasteiger partial charge is 0.493 e. The van der Waals surface area contributed by atoms with Crippen molar-refractivity contribution >= 4 is 0 Å². The topological polar surface area (TPSA) is 30.9 Å². The second-order valence-electron chi connectivity index (χ2n) is 9.40. The van der Waals surface area contributed by atoms with Gasteiger partial charge in [-0.1, -0.05) is 0 Å². The van der Waals surface area contributed by atoms with Gasteiger partial charge in [0.25, 0.3) is 5.92 Å². The Morgan fingerprint density at radius 3 is 2.46 bits per heavy atom. The van der Waals surface area contributed by atoms with Gasteiger partial charge in [0, 0.05) is 32.0 Å². The molecule has 0 aromatic heterocycles. The highest BCUT2D eigenvalue weighted by atomic mass is 19.3. The van der Waals surface area contributed by atoms with Crippen LogP contribution in [0.15, 0.2) is 12.1 Å². The Morgan fingerprint density at radius 2 is 1.82 bits per heavy atom.